The number of oxime groups is 1. The molecule has 6 atom stereocenters. The first-order chi connectivity index (χ1) is 36.6. The van der Waals surface area contributed by atoms with Crippen LogP contribution in [0.2, 0.25) is 0 Å². The molecule has 2 amide bonds. The first kappa shape index (κ1) is 56.6. The quantitative estimate of drug-likeness (QED) is 0.0237. The molecule has 17 nitrogen and oxygen atoms in total. The van der Waals surface area contributed by atoms with Crippen molar-refractivity contribution in [3.05, 3.63) is 112 Å². The molecule has 6 unspecified atom stereocenters. The van der Waals surface area contributed by atoms with Crippen molar-refractivity contribution in [2.24, 2.45) is 22.9 Å². The average Bonchev–Trinajstić information content (AvgIpc) is 3.90. The van der Waals surface area contributed by atoms with Crippen molar-refractivity contribution in [2.45, 2.75) is 154 Å². The third-order valence-electron chi connectivity index (χ3n) is 14.9. The SMILES string of the molecule is C=CCOC12Oc3ccc(OC(=O)NCCCCCCCCCCCC)cc3C3C(CCCCO)C(CCCCO)C=C(C(=NOCc4ccc([N+](=O)[O-])cc4)CC1N(Cc1ccc4c(c1)OCO4)C(=O)OCC)C32. The highest BCUT2D eigenvalue weighted by molar-refractivity contribution is 6.03. The number of hydrogen-bond acceptors (Lipinski definition) is 14. The van der Waals surface area contributed by atoms with E-state index in [2.05, 4.69) is 24.9 Å². The lowest BCUT2D eigenvalue weighted by atomic mass is 9.55. The molecule has 0 radical (unpaired) electrons. The molecule has 7 rings (SSSR count). The molecular formula is C58H78N4O13. The molecule has 2 aliphatic heterocycles. The maximum Gasteiger partial charge on any atom is 0.412 e. The van der Waals surface area contributed by atoms with E-state index >= 15 is 0 Å². The highest BCUT2D eigenvalue weighted by Gasteiger charge is 2.66. The summed E-state index contributed by atoms with van der Waals surface area (Å²) >= 11 is 0. The van der Waals surface area contributed by atoms with E-state index in [1.807, 2.05) is 24.3 Å². The van der Waals surface area contributed by atoms with Gasteiger partial charge in [-0.3, -0.25) is 15.0 Å². The fraction of sp³-hybridized carbons (Fsp3) is 0.569. The number of ether oxygens (including phenoxy) is 6. The van der Waals surface area contributed by atoms with Crippen LogP contribution in [0.3, 0.4) is 0 Å². The van der Waals surface area contributed by atoms with Crippen LogP contribution in [0, 0.1) is 27.9 Å². The lowest BCUT2D eigenvalue weighted by molar-refractivity contribution is -0.384. The van der Waals surface area contributed by atoms with Crippen LogP contribution in [0.15, 0.2) is 90.1 Å². The molecule has 17 heteroatoms. The molecule has 0 spiro atoms. The third kappa shape index (κ3) is 14.6. The molecule has 3 aromatic rings. The van der Waals surface area contributed by atoms with E-state index in [1.165, 1.54) is 57.1 Å². The number of hydrogen-bond donors (Lipinski definition) is 3. The minimum atomic E-state index is -1.60. The van der Waals surface area contributed by atoms with Gasteiger partial charge in [-0.15, -0.1) is 6.58 Å². The van der Waals surface area contributed by atoms with Crippen molar-refractivity contribution in [3.63, 3.8) is 0 Å². The van der Waals surface area contributed by atoms with Crippen LogP contribution in [0.4, 0.5) is 15.3 Å². The molecule has 4 aliphatic rings. The molecule has 2 aliphatic carbocycles. The number of unbranched alkanes of at least 4 members (excludes halogenated alkanes) is 11. The largest absolute Gasteiger partial charge is 0.459 e. The Balaban J connectivity index is 1.29. The van der Waals surface area contributed by atoms with Gasteiger partial charge in [0.25, 0.3) is 5.69 Å². The number of aliphatic hydroxyl groups excluding tert-OH is 2. The van der Waals surface area contributed by atoms with E-state index in [9.17, 15) is 29.9 Å². The van der Waals surface area contributed by atoms with Crippen LogP contribution in [0.5, 0.6) is 23.0 Å². The molecule has 0 bridgehead atoms. The first-order valence-electron chi connectivity index (χ1n) is 27.4. The summed E-state index contributed by atoms with van der Waals surface area (Å²) in [7, 11) is 0. The van der Waals surface area contributed by atoms with Crippen molar-refractivity contribution in [2.75, 3.05) is 39.8 Å². The first-order valence-corrected chi connectivity index (χ1v) is 27.4. The van der Waals surface area contributed by atoms with Gasteiger partial charge in [-0.05, 0) is 110 Å². The fourth-order valence-corrected chi connectivity index (χ4v) is 11.3. The minimum absolute atomic E-state index is 0.00453. The number of benzene rings is 3. The Morgan fingerprint density at radius 3 is 2.27 bits per heavy atom. The highest BCUT2D eigenvalue weighted by atomic mass is 16.7. The normalized spacial score (nSPS) is 21.5. The maximum atomic E-state index is 14.7. The van der Waals surface area contributed by atoms with Gasteiger partial charge in [0, 0.05) is 56.3 Å². The number of amides is 2. The van der Waals surface area contributed by atoms with Crippen LogP contribution in [0.1, 0.15) is 146 Å². The number of nitro benzene ring substituents is 1. The molecule has 408 valence electrons. The lowest BCUT2D eigenvalue weighted by Crippen LogP contribution is -2.70. The van der Waals surface area contributed by atoms with E-state index < -0.39 is 40.8 Å². The Bertz CT molecular complexity index is 2410. The summed E-state index contributed by atoms with van der Waals surface area (Å²) in [5.41, 5.74) is 3.47. The molecular weight excluding hydrogens is 961 g/mol. The molecule has 1 saturated carbocycles. The summed E-state index contributed by atoms with van der Waals surface area (Å²) in [5.74, 6) is -0.844. The van der Waals surface area contributed by atoms with Gasteiger partial charge in [0.1, 0.15) is 24.1 Å². The molecule has 75 heavy (non-hydrogen) atoms. The topological polar surface area (TPSA) is 210 Å². The van der Waals surface area contributed by atoms with Crippen LogP contribution >= 0.6 is 0 Å². The van der Waals surface area contributed by atoms with Crippen LogP contribution in [-0.2, 0) is 27.5 Å². The van der Waals surface area contributed by atoms with Crippen LogP contribution < -0.4 is 24.3 Å². The molecule has 1 fully saturated rings. The van der Waals surface area contributed by atoms with E-state index in [-0.39, 0.29) is 70.3 Å². The Morgan fingerprint density at radius 2 is 1.56 bits per heavy atom. The summed E-state index contributed by atoms with van der Waals surface area (Å²) in [4.78, 5) is 47.0. The summed E-state index contributed by atoms with van der Waals surface area (Å²) in [6, 6.07) is 16.1. The second-order valence-electron chi connectivity index (χ2n) is 20.0. The van der Waals surface area contributed by atoms with Gasteiger partial charge < -0.3 is 48.8 Å². The van der Waals surface area contributed by atoms with Gasteiger partial charge in [0.2, 0.25) is 12.6 Å². The molecule has 0 saturated heterocycles. The zero-order valence-electron chi connectivity index (χ0n) is 43.9. The van der Waals surface area contributed by atoms with E-state index in [1.54, 1.807) is 42.2 Å². The lowest BCUT2D eigenvalue weighted by Gasteiger charge is -2.59. The van der Waals surface area contributed by atoms with Crippen molar-refractivity contribution in [1.82, 2.24) is 10.2 Å². The van der Waals surface area contributed by atoms with Gasteiger partial charge in [0.15, 0.2) is 11.5 Å². The standard InChI is InChI=1S/C58H78N4O13/c1-4-7-8-9-10-11-12-13-14-17-30-59-56(65)74-45-27-29-50-48(36-45)54-46(21-16-19-32-64)43(20-15-18-31-63)35-47-49(60-73-39-41-22-25-44(26-23-41)62(67)68)37-53(58(75-50,55(47)54)72-33-5-2)61(57(66)69-6-3)38-42-24-28-51-52(34-42)71-40-70-51/h5,22-29,34-36,43,46,53-55,63-64H,2,4,6-21,30-33,37-40H2,1,3H3,(H,59,65). The Hall–Kier alpha value is -6.17. The van der Waals surface area contributed by atoms with Gasteiger partial charge in [-0.25, -0.2) is 9.59 Å². The van der Waals surface area contributed by atoms with Crippen LogP contribution in [-0.4, -0.2) is 89.5 Å². The monoisotopic (exact) mass is 1040 g/mol. The zero-order valence-corrected chi connectivity index (χ0v) is 43.9. The number of rotatable bonds is 31. The van der Waals surface area contributed by atoms with Crippen molar-refractivity contribution in [1.29, 1.82) is 0 Å². The minimum Gasteiger partial charge on any atom is -0.459 e. The number of carbonyl (C=O) groups is 2. The number of carbonyl (C=O) groups excluding carboxylic acids is 2. The molecule has 3 N–H and O–H groups in total. The maximum absolute atomic E-state index is 14.7. The predicted molar refractivity (Wildman–Crippen MR) is 284 cm³/mol. The summed E-state index contributed by atoms with van der Waals surface area (Å²) in [6.45, 7) is 8.82. The number of fused-ring (bicyclic) bond motifs is 3. The second kappa shape index (κ2) is 28.7. The summed E-state index contributed by atoms with van der Waals surface area (Å²) in [6.07, 6.45) is 18.7. The smallest absolute Gasteiger partial charge is 0.412 e. The van der Waals surface area contributed by atoms with Gasteiger partial charge in [-0.1, -0.05) is 101 Å². The Labute approximate surface area is 441 Å². The third-order valence-corrected chi connectivity index (χ3v) is 14.9. The molecule has 3 aromatic carbocycles. The van der Waals surface area contributed by atoms with Crippen LogP contribution in [0.25, 0.3) is 0 Å². The number of nitro groups is 1. The molecule has 0 aromatic heterocycles. The summed E-state index contributed by atoms with van der Waals surface area (Å²) < 4.78 is 37.8. The number of aliphatic hydroxyl groups is 2. The van der Waals surface area contributed by atoms with E-state index in [4.69, 9.17) is 38.4 Å². The Morgan fingerprint density at radius 1 is 0.867 bits per heavy atom. The van der Waals surface area contributed by atoms with E-state index in [0.29, 0.717) is 66.5 Å². The van der Waals surface area contributed by atoms with Gasteiger partial charge in [-0.2, -0.15) is 0 Å². The second-order valence-corrected chi connectivity index (χ2v) is 20.0. The molecule has 2 heterocycles. The average molecular weight is 1040 g/mol. The Kier molecular flexibility index (Phi) is 21.6. The van der Waals surface area contributed by atoms with Gasteiger partial charge in [0.05, 0.1) is 29.8 Å². The van der Waals surface area contributed by atoms with E-state index in [0.717, 1.165) is 48.8 Å². The van der Waals surface area contributed by atoms with Gasteiger partial charge >= 0.3 is 12.2 Å². The number of allylic oxidation sites excluding steroid dienone is 1. The summed E-state index contributed by atoms with van der Waals surface area (Å²) in [5, 5.41) is 39.4. The van der Waals surface area contributed by atoms with Crippen molar-refractivity contribution < 1.29 is 58.0 Å². The number of nitrogens with one attached hydrogen (secondary N) is 1. The predicted octanol–water partition coefficient (Wildman–Crippen LogP) is 11.8. The number of non-ortho nitro benzene ring substituents is 1. The number of nitrogens with zero attached hydrogens (tertiary/aromatic N) is 3. The van der Waals surface area contributed by atoms with Crippen molar-refractivity contribution in [3.8, 4) is 23.0 Å². The zero-order chi connectivity index (χ0) is 53.0. The highest BCUT2D eigenvalue weighted by Crippen LogP contribution is 2.62. The van der Waals surface area contributed by atoms with Crippen molar-refractivity contribution >= 4 is 23.6 Å². The fourth-order valence-electron chi connectivity index (χ4n) is 11.3.